The first-order chi connectivity index (χ1) is 9.92. The number of thioether (sulfide) groups is 1. The summed E-state index contributed by atoms with van der Waals surface area (Å²) >= 11 is 3.08. The van der Waals surface area contributed by atoms with Crippen LogP contribution in [0.5, 0.6) is 0 Å². The van der Waals surface area contributed by atoms with Crippen LogP contribution in [0, 0.1) is 0 Å². The van der Waals surface area contributed by atoms with E-state index in [1.807, 2.05) is 16.7 Å². The Kier molecular flexibility index (Phi) is 5.21. The highest BCUT2D eigenvalue weighted by molar-refractivity contribution is 7.99. The van der Waals surface area contributed by atoms with Crippen molar-refractivity contribution in [2.45, 2.75) is 25.2 Å². The van der Waals surface area contributed by atoms with Crippen molar-refractivity contribution >= 4 is 49.4 Å². The van der Waals surface area contributed by atoms with Crippen molar-refractivity contribution in [2.24, 2.45) is 0 Å². The Morgan fingerprint density at radius 2 is 1.90 bits per heavy atom. The molecule has 2 N–H and O–H groups in total. The average Bonchev–Trinajstić information content (AvgIpc) is 2.85. The number of anilines is 2. The normalized spacial score (nSPS) is 16.2. The molecule has 5 nitrogen and oxygen atoms in total. The maximum absolute atomic E-state index is 12.4. The fourth-order valence-electron chi connectivity index (χ4n) is 2.20. The van der Waals surface area contributed by atoms with E-state index in [0.29, 0.717) is 16.3 Å². The summed E-state index contributed by atoms with van der Waals surface area (Å²) in [6, 6.07) is 0. The van der Waals surface area contributed by atoms with Gasteiger partial charge in [-0.2, -0.15) is 11.8 Å². The highest BCUT2D eigenvalue weighted by Gasteiger charge is 2.31. The van der Waals surface area contributed by atoms with Crippen molar-refractivity contribution in [1.29, 1.82) is 0 Å². The Morgan fingerprint density at radius 1 is 1.29 bits per heavy atom. The number of hydrogen-bond donors (Lipinski definition) is 1. The average molecular weight is 349 g/mol. The second-order valence-electron chi connectivity index (χ2n) is 4.76. The Morgan fingerprint density at radius 3 is 2.43 bits per heavy atom. The minimum Gasteiger partial charge on any atom is -0.396 e. The molecule has 1 aliphatic rings. The lowest BCUT2D eigenvalue weighted by Gasteiger charge is -2.28. The first kappa shape index (κ1) is 16.6. The van der Waals surface area contributed by atoms with Crippen LogP contribution < -0.4 is 10.6 Å². The molecule has 8 heteroatoms. The zero-order valence-electron chi connectivity index (χ0n) is 12.2. The molecule has 0 aromatic carbocycles. The molecule has 21 heavy (non-hydrogen) atoms. The minimum absolute atomic E-state index is 0.0106. The first-order valence-corrected chi connectivity index (χ1v) is 10.6. The fraction of sp³-hybridized carbons (Fsp3) is 0.615. The summed E-state index contributed by atoms with van der Waals surface area (Å²) in [4.78, 5) is 14.6. The number of ketones is 1. The van der Waals surface area contributed by atoms with E-state index in [4.69, 9.17) is 5.73 Å². The van der Waals surface area contributed by atoms with Crippen molar-refractivity contribution in [3.05, 3.63) is 4.88 Å². The largest absolute Gasteiger partial charge is 0.396 e. The van der Waals surface area contributed by atoms with Crippen molar-refractivity contribution in [3.8, 4) is 0 Å². The van der Waals surface area contributed by atoms with Crippen LogP contribution in [0.15, 0.2) is 4.90 Å². The zero-order valence-corrected chi connectivity index (χ0v) is 14.7. The Hall–Kier alpha value is -0.730. The van der Waals surface area contributed by atoms with E-state index in [-0.39, 0.29) is 22.1 Å². The van der Waals surface area contributed by atoms with Gasteiger partial charge in [0.2, 0.25) is 0 Å². The topological polar surface area (TPSA) is 80.5 Å². The second-order valence-corrected chi connectivity index (χ2v) is 9.20. The molecule has 1 fully saturated rings. The predicted molar refractivity (Wildman–Crippen MR) is 90.6 cm³/mol. The quantitative estimate of drug-likeness (QED) is 0.822. The molecule has 1 aromatic rings. The van der Waals surface area contributed by atoms with Gasteiger partial charge >= 0.3 is 0 Å². The molecule has 0 atom stereocenters. The maximum Gasteiger partial charge on any atom is 0.183 e. The summed E-state index contributed by atoms with van der Waals surface area (Å²) in [5.41, 5.74) is 6.17. The van der Waals surface area contributed by atoms with Crippen LogP contribution in [0.25, 0.3) is 0 Å². The van der Waals surface area contributed by atoms with E-state index in [0.717, 1.165) is 24.6 Å². The molecule has 0 radical (unpaired) electrons. The van der Waals surface area contributed by atoms with E-state index in [9.17, 15) is 13.2 Å². The third-order valence-electron chi connectivity index (χ3n) is 3.45. The first-order valence-electron chi connectivity index (χ1n) is 6.93. The Balaban J connectivity index is 2.59. The molecule has 0 saturated carbocycles. The van der Waals surface area contributed by atoms with Crippen LogP contribution in [0.4, 0.5) is 10.7 Å². The van der Waals surface area contributed by atoms with Gasteiger partial charge in [-0.3, -0.25) is 4.79 Å². The van der Waals surface area contributed by atoms with Crippen LogP contribution >= 0.6 is 23.1 Å². The molecule has 0 aliphatic carbocycles. The summed E-state index contributed by atoms with van der Waals surface area (Å²) in [5, 5.41) is 0.645. The lowest BCUT2D eigenvalue weighted by molar-refractivity contribution is 0.0992. The van der Waals surface area contributed by atoms with E-state index in [2.05, 4.69) is 0 Å². The summed E-state index contributed by atoms with van der Waals surface area (Å²) in [6.45, 7) is 4.93. The standard InChI is InChI=1S/C13H20N2O3S3/c1-3-9(16)11-10(14)12(21(17,18)4-2)13(20-11)15-5-7-19-8-6-15/h3-8,14H2,1-2H3. The lowest BCUT2D eigenvalue weighted by Crippen LogP contribution is -2.32. The molecular formula is C13H20N2O3S3. The number of carbonyl (C=O) groups is 1. The monoisotopic (exact) mass is 348 g/mol. The number of thiophene rings is 1. The van der Waals surface area contributed by atoms with Gasteiger partial charge in [-0.05, 0) is 0 Å². The van der Waals surface area contributed by atoms with Crippen molar-refractivity contribution in [2.75, 3.05) is 41.0 Å². The molecule has 1 saturated heterocycles. The molecule has 118 valence electrons. The Bertz CT molecular complexity index is 631. The smallest absolute Gasteiger partial charge is 0.183 e. The molecule has 0 bridgehead atoms. The summed E-state index contributed by atoms with van der Waals surface area (Å²) in [7, 11) is -3.45. The van der Waals surface area contributed by atoms with Gasteiger partial charge in [0, 0.05) is 31.0 Å². The predicted octanol–water partition coefficient (Wildman–Crippen LogP) is 2.27. The number of nitrogens with two attached hydrogens (primary N) is 1. The van der Waals surface area contributed by atoms with E-state index in [1.54, 1.807) is 13.8 Å². The van der Waals surface area contributed by atoms with Gasteiger partial charge in [0.1, 0.15) is 9.90 Å². The van der Waals surface area contributed by atoms with Crippen LogP contribution in [0.3, 0.4) is 0 Å². The van der Waals surface area contributed by atoms with E-state index < -0.39 is 9.84 Å². The van der Waals surface area contributed by atoms with E-state index >= 15 is 0 Å². The van der Waals surface area contributed by atoms with Gasteiger partial charge < -0.3 is 10.6 Å². The number of Topliss-reactive ketones (excluding diaryl/α,β-unsaturated/α-hetero) is 1. The number of sulfone groups is 1. The van der Waals surface area contributed by atoms with Gasteiger partial charge in [-0.15, -0.1) is 11.3 Å². The van der Waals surface area contributed by atoms with E-state index in [1.165, 1.54) is 11.3 Å². The number of carbonyl (C=O) groups excluding carboxylic acids is 1. The molecule has 0 unspecified atom stereocenters. The van der Waals surface area contributed by atoms with Gasteiger partial charge in [0.05, 0.1) is 16.3 Å². The van der Waals surface area contributed by atoms with Crippen molar-refractivity contribution in [1.82, 2.24) is 0 Å². The van der Waals surface area contributed by atoms with Gasteiger partial charge in [0.25, 0.3) is 0 Å². The minimum atomic E-state index is -3.45. The van der Waals surface area contributed by atoms with Crippen molar-refractivity contribution in [3.63, 3.8) is 0 Å². The third kappa shape index (κ3) is 3.22. The molecular weight excluding hydrogens is 328 g/mol. The van der Waals surface area contributed by atoms with Crippen LogP contribution in [0.2, 0.25) is 0 Å². The molecule has 2 heterocycles. The van der Waals surface area contributed by atoms with Crippen molar-refractivity contribution < 1.29 is 13.2 Å². The van der Waals surface area contributed by atoms with Gasteiger partial charge in [0.15, 0.2) is 15.6 Å². The Labute approximate surface area is 133 Å². The second kappa shape index (κ2) is 6.58. The molecule has 1 aromatic heterocycles. The molecule has 0 spiro atoms. The fourth-order valence-corrected chi connectivity index (χ4v) is 5.98. The number of hydrogen-bond acceptors (Lipinski definition) is 7. The maximum atomic E-state index is 12.4. The molecule has 2 rings (SSSR count). The summed E-state index contributed by atoms with van der Waals surface area (Å²) in [6.07, 6.45) is 0.325. The van der Waals surface area contributed by atoms with Gasteiger partial charge in [-0.25, -0.2) is 8.42 Å². The molecule has 1 aliphatic heterocycles. The van der Waals surface area contributed by atoms with Gasteiger partial charge in [-0.1, -0.05) is 13.8 Å². The number of rotatable bonds is 5. The zero-order chi connectivity index (χ0) is 15.6. The third-order valence-corrected chi connectivity index (χ3v) is 7.62. The SMILES string of the molecule is CCC(=O)c1sc(N2CCSCC2)c(S(=O)(=O)CC)c1N. The van der Waals surface area contributed by atoms with Crippen LogP contribution in [-0.2, 0) is 9.84 Å². The van der Waals surface area contributed by atoms with Crippen LogP contribution in [-0.4, -0.2) is 44.5 Å². The number of nitrogen functional groups attached to an aromatic ring is 1. The molecule has 0 amide bonds. The van der Waals surface area contributed by atoms with Crippen LogP contribution in [0.1, 0.15) is 29.9 Å². The highest BCUT2D eigenvalue weighted by atomic mass is 32.2. The summed E-state index contributed by atoms with van der Waals surface area (Å²) < 4.78 is 24.8. The highest BCUT2D eigenvalue weighted by Crippen LogP contribution is 2.43. The number of nitrogens with zero attached hydrogens (tertiary/aromatic N) is 1. The lowest BCUT2D eigenvalue weighted by atomic mass is 10.2. The summed E-state index contributed by atoms with van der Waals surface area (Å²) in [5.74, 6) is 1.81.